The molecule has 0 spiro atoms. The Morgan fingerprint density at radius 3 is 3.00 bits per heavy atom. The van der Waals surface area contributed by atoms with Crippen LogP contribution in [-0.2, 0) is 9.47 Å². The van der Waals surface area contributed by atoms with Gasteiger partial charge < -0.3 is 14.6 Å². The zero-order valence-electron chi connectivity index (χ0n) is 7.25. The average molecular weight is 170 g/mol. The molecule has 1 rings (SSSR count). The van der Waals surface area contributed by atoms with Crippen molar-refractivity contribution in [3.63, 3.8) is 0 Å². The minimum absolute atomic E-state index is 0.195. The van der Waals surface area contributed by atoms with Crippen LogP contribution in [0.4, 0.5) is 0 Å². The zero-order chi connectivity index (χ0) is 8.81. The quantitative estimate of drug-likeness (QED) is 0.601. The number of ether oxygens (including phenoxy) is 2. The van der Waals surface area contributed by atoms with E-state index in [4.69, 9.17) is 9.47 Å². The lowest BCUT2D eigenvalue weighted by Crippen LogP contribution is -2.38. The molecule has 0 aromatic rings. The van der Waals surface area contributed by atoms with E-state index in [1.54, 1.807) is 6.92 Å². The van der Waals surface area contributed by atoms with Crippen molar-refractivity contribution in [3.8, 4) is 11.8 Å². The molecule has 3 heteroatoms. The Morgan fingerprint density at radius 2 is 2.42 bits per heavy atom. The number of rotatable bonds is 2. The van der Waals surface area contributed by atoms with Gasteiger partial charge in [-0.1, -0.05) is 0 Å². The Kier molecular flexibility index (Phi) is 4.09. The summed E-state index contributed by atoms with van der Waals surface area (Å²) >= 11 is 0. The second-order valence-corrected chi connectivity index (χ2v) is 2.68. The van der Waals surface area contributed by atoms with Crippen LogP contribution in [0.2, 0.25) is 0 Å². The van der Waals surface area contributed by atoms with Crippen LogP contribution in [0, 0.1) is 11.8 Å². The van der Waals surface area contributed by atoms with Gasteiger partial charge in [0.1, 0.15) is 6.10 Å². The van der Waals surface area contributed by atoms with E-state index in [0.29, 0.717) is 26.2 Å². The molecule has 0 radical (unpaired) electrons. The lowest BCUT2D eigenvalue weighted by atomic mass is 10.1. The van der Waals surface area contributed by atoms with Crippen LogP contribution in [0.1, 0.15) is 13.3 Å². The Balaban J connectivity index is 2.27. The molecule has 12 heavy (non-hydrogen) atoms. The molecule has 2 unspecified atom stereocenters. The highest BCUT2D eigenvalue weighted by Gasteiger charge is 2.21. The zero-order valence-corrected chi connectivity index (χ0v) is 7.25. The lowest BCUT2D eigenvalue weighted by Gasteiger charge is -2.25. The van der Waals surface area contributed by atoms with Crippen LogP contribution in [0.3, 0.4) is 0 Å². The van der Waals surface area contributed by atoms with Gasteiger partial charge in [-0.25, -0.2) is 0 Å². The summed E-state index contributed by atoms with van der Waals surface area (Å²) in [6.45, 7) is 3.43. The fourth-order valence-corrected chi connectivity index (χ4v) is 1.07. The highest BCUT2D eigenvalue weighted by atomic mass is 16.6. The van der Waals surface area contributed by atoms with Gasteiger partial charge in [0.05, 0.1) is 25.9 Å². The third kappa shape index (κ3) is 2.82. The van der Waals surface area contributed by atoms with Crippen molar-refractivity contribution in [2.75, 3.05) is 19.8 Å². The molecule has 0 bridgehead atoms. The molecule has 0 amide bonds. The van der Waals surface area contributed by atoms with E-state index < -0.39 is 6.10 Å². The largest absolute Gasteiger partial charge is 0.389 e. The van der Waals surface area contributed by atoms with Crippen LogP contribution < -0.4 is 0 Å². The smallest absolute Gasteiger partial charge is 0.108 e. The molecular formula is C9H14O3. The van der Waals surface area contributed by atoms with Gasteiger partial charge in [0.2, 0.25) is 0 Å². The highest BCUT2D eigenvalue weighted by molar-refractivity contribution is 4.98. The maximum absolute atomic E-state index is 9.50. The number of hydrogen-bond acceptors (Lipinski definition) is 3. The third-order valence-corrected chi connectivity index (χ3v) is 1.76. The second kappa shape index (κ2) is 5.15. The van der Waals surface area contributed by atoms with E-state index in [9.17, 15) is 5.11 Å². The molecule has 68 valence electrons. The van der Waals surface area contributed by atoms with Crippen molar-refractivity contribution in [2.45, 2.75) is 25.6 Å². The predicted octanol–water partition coefficient (Wildman–Crippen LogP) is 0.176. The van der Waals surface area contributed by atoms with E-state index in [2.05, 4.69) is 11.8 Å². The molecule has 2 atom stereocenters. The first-order chi connectivity index (χ1) is 5.84. The first-order valence-electron chi connectivity index (χ1n) is 4.11. The third-order valence-electron chi connectivity index (χ3n) is 1.76. The number of hydrogen-bond donors (Lipinski definition) is 1. The molecule has 1 saturated heterocycles. The molecule has 1 aliphatic heterocycles. The molecule has 1 fully saturated rings. The standard InChI is InChI=1S/C9H14O3/c1-2-3-4-8(10)9-7-11-5-6-12-9/h8-10H,4-7H2,1H3. The van der Waals surface area contributed by atoms with Crippen molar-refractivity contribution in [2.24, 2.45) is 0 Å². The summed E-state index contributed by atoms with van der Waals surface area (Å²) in [5.41, 5.74) is 0. The summed E-state index contributed by atoms with van der Waals surface area (Å²) in [6, 6.07) is 0. The highest BCUT2D eigenvalue weighted by Crippen LogP contribution is 2.07. The van der Waals surface area contributed by atoms with Crippen molar-refractivity contribution in [1.29, 1.82) is 0 Å². The molecule has 0 aliphatic carbocycles. The van der Waals surface area contributed by atoms with Gasteiger partial charge in [-0.2, -0.15) is 0 Å². The van der Waals surface area contributed by atoms with Crippen LogP contribution in [0.25, 0.3) is 0 Å². The van der Waals surface area contributed by atoms with Crippen LogP contribution in [0.5, 0.6) is 0 Å². The fourth-order valence-electron chi connectivity index (χ4n) is 1.07. The molecule has 3 nitrogen and oxygen atoms in total. The van der Waals surface area contributed by atoms with Gasteiger partial charge in [0, 0.05) is 6.42 Å². The first kappa shape index (κ1) is 9.53. The fraction of sp³-hybridized carbons (Fsp3) is 0.778. The minimum Gasteiger partial charge on any atom is -0.389 e. The normalized spacial score (nSPS) is 25.7. The van der Waals surface area contributed by atoms with E-state index in [1.165, 1.54) is 0 Å². The van der Waals surface area contributed by atoms with E-state index in [-0.39, 0.29) is 6.10 Å². The maximum atomic E-state index is 9.50. The maximum Gasteiger partial charge on any atom is 0.108 e. The Morgan fingerprint density at radius 1 is 1.58 bits per heavy atom. The predicted molar refractivity (Wildman–Crippen MR) is 44.6 cm³/mol. The Hall–Kier alpha value is -0.560. The lowest BCUT2D eigenvalue weighted by molar-refractivity contribution is -0.130. The monoisotopic (exact) mass is 170 g/mol. The molecule has 1 aliphatic rings. The van der Waals surface area contributed by atoms with Crippen molar-refractivity contribution >= 4 is 0 Å². The van der Waals surface area contributed by atoms with E-state index in [1.807, 2.05) is 0 Å². The molecule has 1 heterocycles. The minimum atomic E-state index is -0.516. The van der Waals surface area contributed by atoms with Gasteiger partial charge in [-0.15, -0.1) is 11.8 Å². The van der Waals surface area contributed by atoms with Gasteiger partial charge in [0.25, 0.3) is 0 Å². The molecule has 0 aromatic heterocycles. The van der Waals surface area contributed by atoms with Gasteiger partial charge in [-0.3, -0.25) is 0 Å². The van der Waals surface area contributed by atoms with Gasteiger partial charge in [0.15, 0.2) is 0 Å². The first-order valence-corrected chi connectivity index (χ1v) is 4.11. The summed E-state index contributed by atoms with van der Waals surface area (Å²) in [5, 5.41) is 9.50. The molecule has 0 aromatic carbocycles. The van der Waals surface area contributed by atoms with Crippen molar-refractivity contribution < 1.29 is 14.6 Å². The van der Waals surface area contributed by atoms with Crippen LogP contribution in [-0.4, -0.2) is 37.1 Å². The Labute approximate surface area is 72.7 Å². The van der Waals surface area contributed by atoms with E-state index in [0.717, 1.165) is 0 Å². The molecular weight excluding hydrogens is 156 g/mol. The molecule has 0 saturated carbocycles. The number of aliphatic hydroxyl groups excluding tert-OH is 1. The molecule has 1 N–H and O–H groups in total. The average Bonchev–Trinajstić information content (AvgIpc) is 2.15. The van der Waals surface area contributed by atoms with Crippen molar-refractivity contribution in [1.82, 2.24) is 0 Å². The summed E-state index contributed by atoms with van der Waals surface area (Å²) in [7, 11) is 0. The van der Waals surface area contributed by atoms with Gasteiger partial charge in [-0.05, 0) is 6.92 Å². The van der Waals surface area contributed by atoms with Crippen molar-refractivity contribution in [3.05, 3.63) is 0 Å². The number of aliphatic hydroxyl groups is 1. The van der Waals surface area contributed by atoms with Gasteiger partial charge >= 0.3 is 0 Å². The summed E-state index contributed by atoms with van der Waals surface area (Å²) in [4.78, 5) is 0. The topological polar surface area (TPSA) is 38.7 Å². The second-order valence-electron chi connectivity index (χ2n) is 2.68. The van der Waals surface area contributed by atoms with E-state index >= 15 is 0 Å². The summed E-state index contributed by atoms with van der Waals surface area (Å²) in [6.07, 6.45) is -0.248. The van der Waals surface area contributed by atoms with Crippen LogP contribution in [0.15, 0.2) is 0 Å². The summed E-state index contributed by atoms with van der Waals surface area (Å²) in [5.74, 6) is 5.54. The van der Waals surface area contributed by atoms with Crippen LogP contribution >= 0.6 is 0 Å². The SMILES string of the molecule is CC#CCC(O)C1COCCO1. The Bertz CT molecular complexity index is 174. The summed E-state index contributed by atoms with van der Waals surface area (Å²) < 4.78 is 10.4.